The Balaban J connectivity index is 2.84. The van der Waals surface area contributed by atoms with Crippen molar-refractivity contribution in [3.05, 3.63) is 23.3 Å². The summed E-state index contributed by atoms with van der Waals surface area (Å²) in [5.41, 5.74) is 9.07. The normalized spacial score (nSPS) is 12.3. The zero-order valence-corrected chi connectivity index (χ0v) is 9.92. The molecule has 1 atom stereocenters. The molecule has 0 aromatic heterocycles. The lowest BCUT2D eigenvalue weighted by Crippen LogP contribution is -2.25. The molecule has 1 rings (SSSR count). The zero-order chi connectivity index (χ0) is 11.4. The van der Waals surface area contributed by atoms with Gasteiger partial charge in [-0.1, -0.05) is 0 Å². The minimum absolute atomic E-state index is 0.160. The fourth-order valence-electron chi connectivity index (χ4n) is 1.65. The van der Waals surface area contributed by atoms with E-state index in [1.807, 2.05) is 20.8 Å². The van der Waals surface area contributed by atoms with Crippen LogP contribution in [0.2, 0.25) is 0 Å². The highest BCUT2D eigenvalue weighted by Gasteiger charge is 2.05. The van der Waals surface area contributed by atoms with Crippen molar-refractivity contribution in [1.82, 2.24) is 0 Å². The molecule has 0 saturated carbocycles. The highest BCUT2D eigenvalue weighted by atomic mass is 16.5. The number of ether oxygens (including phenoxy) is 1. The summed E-state index contributed by atoms with van der Waals surface area (Å²) in [6, 6.07) is 4.32. The fourth-order valence-corrected chi connectivity index (χ4v) is 1.65. The van der Waals surface area contributed by atoms with Gasteiger partial charge in [0.05, 0.1) is 7.11 Å². The molecule has 1 unspecified atom stereocenters. The van der Waals surface area contributed by atoms with Crippen LogP contribution in [0, 0.1) is 13.8 Å². The minimum Gasteiger partial charge on any atom is -0.496 e. The van der Waals surface area contributed by atoms with E-state index < -0.39 is 0 Å². The van der Waals surface area contributed by atoms with E-state index in [0.29, 0.717) is 0 Å². The summed E-state index contributed by atoms with van der Waals surface area (Å²) in [5.74, 6) is 0.960. The molecule has 1 aromatic rings. The molecule has 0 fully saturated rings. The second kappa shape index (κ2) is 5.03. The van der Waals surface area contributed by atoms with Gasteiger partial charge in [0.1, 0.15) is 5.75 Å². The average Bonchev–Trinajstić information content (AvgIpc) is 2.14. The van der Waals surface area contributed by atoms with Gasteiger partial charge in [-0.15, -0.1) is 0 Å². The maximum atomic E-state index is 5.69. The number of anilines is 1. The summed E-state index contributed by atoms with van der Waals surface area (Å²) < 4.78 is 5.30. The molecule has 0 aliphatic carbocycles. The Kier molecular flexibility index (Phi) is 3.97. The van der Waals surface area contributed by atoms with Crippen LogP contribution >= 0.6 is 0 Å². The zero-order valence-electron chi connectivity index (χ0n) is 9.92. The van der Waals surface area contributed by atoms with Crippen LogP contribution in [0.5, 0.6) is 5.75 Å². The summed E-state index contributed by atoms with van der Waals surface area (Å²) in [6.07, 6.45) is 0. The Morgan fingerprint density at radius 1 is 1.33 bits per heavy atom. The molecule has 0 saturated heterocycles. The van der Waals surface area contributed by atoms with Gasteiger partial charge in [-0.25, -0.2) is 0 Å². The molecule has 3 nitrogen and oxygen atoms in total. The Labute approximate surface area is 91.6 Å². The quantitative estimate of drug-likeness (QED) is 0.796. The molecular formula is C12H20N2O. The van der Waals surface area contributed by atoms with E-state index in [-0.39, 0.29) is 6.04 Å². The van der Waals surface area contributed by atoms with Crippen LogP contribution in [0.4, 0.5) is 5.69 Å². The van der Waals surface area contributed by atoms with Gasteiger partial charge in [-0.2, -0.15) is 0 Å². The van der Waals surface area contributed by atoms with Crippen molar-refractivity contribution in [2.45, 2.75) is 26.8 Å². The molecule has 3 heteroatoms. The summed E-state index contributed by atoms with van der Waals surface area (Å²) in [4.78, 5) is 0. The third-order valence-electron chi connectivity index (χ3n) is 2.29. The van der Waals surface area contributed by atoms with Crippen LogP contribution in [0.15, 0.2) is 12.1 Å². The molecule has 0 heterocycles. The van der Waals surface area contributed by atoms with Gasteiger partial charge in [0, 0.05) is 18.3 Å². The smallest absolute Gasteiger partial charge is 0.124 e. The SMILES string of the molecule is COc1c(C)cc(NCC(C)N)cc1C. The Bertz CT molecular complexity index is 311. The van der Waals surface area contributed by atoms with Crippen molar-refractivity contribution < 1.29 is 4.74 Å². The van der Waals surface area contributed by atoms with Crippen LogP contribution in [0.25, 0.3) is 0 Å². The molecule has 15 heavy (non-hydrogen) atoms. The third kappa shape index (κ3) is 3.13. The predicted molar refractivity (Wildman–Crippen MR) is 64.6 cm³/mol. The van der Waals surface area contributed by atoms with E-state index in [2.05, 4.69) is 17.4 Å². The van der Waals surface area contributed by atoms with Crippen molar-refractivity contribution in [2.75, 3.05) is 19.0 Å². The van der Waals surface area contributed by atoms with Gasteiger partial charge in [0.25, 0.3) is 0 Å². The first kappa shape index (κ1) is 11.9. The Hall–Kier alpha value is -1.22. The number of rotatable bonds is 4. The molecule has 0 amide bonds. The second-order valence-electron chi connectivity index (χ2n) is 4.00. The summed E-state index contributed by atoms with van der Waals surface area (Å²) in [7, 11) is 1.70. The van der Waals surface area contributed by atoms with E-state index in [1.54, 1.807) is 7.11 Å². The Morgan fingerprint density at radius 2 is 1.87 bits per heavy atom. The maximum absolute atomic E-state index is 5.69. The standard InChI is InChI=1S/C12H20N2O/c1-8-5-11(14-7-10(3)13)6-9(2)12(8)15-4/h5-6,10,14H,7,13H2,1-4H3. The van der Waals surface area contributed by atoms with Crippen molar-refractivity contribution in [1.29, 1.82) is 0 Å². The summed E-state index contributed by atoms with van der Waals surface area (Å²) >= 11 is 0. The monoisotopic (exact) mass is 208 g/mol. The summed E-state index contributed by atoms with van der Waals surface area (Å²) in [6.45, 7) is 6.85. The number of methoxy groups -OCH3 is 1. The number of benzene rings is 1. The average molecular weight is 208 g/mol. The molecule has 3 N–H and O–H groups in total. The van der Waals surface area contributed by atoms with E-state index in [9.17, 15) is 0 Å². The predicted octanol–water partition coefficient (Wildman–Crippen LogP) is 2.07. The first-order valence-corrected chi connectivity index (χ1v) is 5.19. The van der Waals surface area contributed by atoms with E-state index in [4.69, 9.17) is 10.5 Å². The number of nitrogens with one attached hydrogen (secondary N) is 1. The first-order chi connectivity index (χ1) is 7.04. The lowest BCUT2D eigenvalue weighted by Gasteiger charge is -2.14. The van der Waals surface area contributed by atoms with E-state index >= 15 is 0 Å². The van der Waals surface area contributed by atoms with Gasteiger partial charge in [-0.05, 0) is 44.0 Å². The second-order valence-corrected chi connectivity index (χ2v) is 4.00. The lowest BCUT2D eigenvalue weighted by atomic mass is 10.1. The third-order valence-corrected chi connectivity index (χ3v) is 2.29. The van der Waals surface area contributed by atoms with Crippen molar-refractivity contribution in [3.8, 4) is 5.75 Å². The van der Waals surface area contributed by atoms with Crippen LogP contribution in [-0.4, -0.2) is 19.7 Å². The van der Waals surface area contributed by atoms with Crippen LogP contribution in [-0.2, 0) is 0 Å². The van der Waals surface area contributed by atoms with Gasteiger partial charge in [0.2, 0.25) is 0 Å². The molecular weight excluding hydrogens is 188 g/mol. The minimum atomic E-state index is 0.160. The van der Waals surface area contributed by atoms with Crippen LogP contribution in [0.3, 0.4) is 0 Å². The first-order valence-electron chi connectivity index (χ1n) is 5.19. The van der Waals surface area contributed by atoms with Gasteiger partial charge >= 0.3 is 0 Å². The van der Waals surface area contributed by atoms with E-state index in [0.717, 1.165) is 29.1 Å². The number of hydrogen-bond donors (Lipinski definition) is 2. The fraction of sp³-hybridized carbons (Fsp3) is 0.500. The van der Waals surface area contributed by atoms with Crippen LogP contribution in [0.1, 0.15) is 18.1 Å². The summed E-state index contributed by atoms with van der Waals surface area (Å²) in [5, 5.41) is 3.30. The Morgan fingerprint density at radius 3 is 2.27 bits per heavy atom. The number of nitrogens with two attached hydrogens (primary N) is 1. The van der Waals surface area contributed by atoms with Gasteiger partial charge in [0.15, 0.2) is 0 Å². The molecule has 0 radical (unpaired) electrons. The molecule has 0 spiro atoms. The van der Waals surface area contributed by atoms with Crippen LogP contribution < -0.4 is 15.8 Å². The highest BCUT2D eigenvalue weighted by molar-refractivity contribution is 5.55. The topological polar surface area (TPSA) is 47.3 Å². The lowest BCUT2D eigenvalue weighted by molar-refractivity contribution is 0.408. The van der Waals surface area contributed by atoms with Crippen molar-refractivity contribution >= 4 is 5.69 Å². The van der Waals surface area contributed by atoms with Gasteiger partial charge < -0.3 is 15.8 Å². The van der Waals surface area contributed by atoms with E-state index in [1.165, 1.54) is 0 Å². The largest absolute Gasteiger partial charge is 0.496 e. The molecule has 0 aliphatic heterocycles. The number of hydrogen-bond acceptors (Lipinski definition) is 3. The molecule has 1 aromatic carbocycles. The molecule has 0 aliphatic rings. The molecule has 84 valence electrons. The van der Waals surface area contributed by atoms with Crippen molar-refractivity contribution in [3.63, 3.8) is 0 Å². The number of aryl methyl sites for hydroxylation is 2. The maximum Gasteiger partial charge on any atom is 0.124 e. The highest BCUT2D eigenvalue weighted by Crippen LogP contribution is 2.26. The van der Waals surface area contributed by atoms with Gasteiger partial charge in [-0.3, -0.25) is 0 Å². The molecule has 0 bridgehead atoms. The van der Waals surface area contributed by atoms with Crippen molar-refractivity contribution in [2.24, 2.45) is 5.73 Å².